The third-order valence-electron chi connectivity index (χ3n) is 2.33. The number of nitrogens with two attached hydrogens (primary N) is 1. The quantitative estimate of drug-likeness (QED) is 0.666. The first-order chi connectivity index (χ1) is 8.15. The Morgan fingerprint density at radius 2 is 2.00 bits per heavy atom. The highest BCUT2D eigenvalue weighted by Gasteiger charge is 2.05. The van der Waals surface area contributed by atoms with Gasteiger partial charge in [-0.15, -0.1) is 23.1 Å². The van der Waals surface area contributed by atoms with E-state index in [2.05, 4.69) is 36.3 Å². The molecule has 0 saturated carbocycles. The summed E-state index contributed by atoms with van der Waals surface area (Å²) in [6.07, 6.45) is 0. The van der Waals surface area contributed by atoms with Crippen LogP contribution in [0.3, 0.4) is 0 Å². The van der Waals surface area contributed by atoms with Gasteiger partial charge in [-0.2, -0.15) is 0 Å². The molecule has 0 atom stereocenters. The average molecular weight is 264 g/mol. The number of rotatable bonds is 4. The van der Waals surface area contributed by atoms with Gasteiger partial charge in [-0.05, 0) is 24.3 Å². The largest absolute Gasteiger partial charge is 0.399 e. The maximum Gasteiger partial charge on any atom is 0.0954 e. The number of thiazole rings is 1. The Morgan fingerprint density at radius 3 is 2.59 bits per heavy atom. The summed E-state index contributed by atoms with van der Waals surface area (Å²) in [5.74, 6) is 1.45. The molecule has 0 amide bonds. The lowest BCUT2D eigenvalue weighted by molar-refractivity contribution is 0.846. The van der Waals surface area contributed by atoms with Crippen LogP contribution >= 0.6 is 23.1 Å². The van der Waals surface area contributed by atoms with Gasteiger partial charge in [-0.1, -0.05) is 13.8 Å². The molecule has 0 fully saturated rings. The maximum absolute atomic E-state index is 5.65. The molecule has 2 aromatic rings. The maximum atomic E-state index is 5.65. The molecule has 4 heteroatoms. The standard InChI is InChI=1S/C13H16N2S2/c1-9(2)13-15-11(8-17-13)7-16-12-5-3-10(14)4-6-12/h3-6,8-9H,7,14H2,1-2H3. The predicted molar refractivity (Wildman–Crippen MR) is 76.6 cm³/mol. The Balaban J connectivity index is 1.95. The summed E-state index contributed by atoms with van der Waals surface area (Å²) in [4.78, 5) is 5.85. The second kappa shape index (κ2) is 5.56. The molecule has 1 aromatic carbocycles. The summed E-state index contributed by atoms with van der Waals surface area (Å²) >= 11 is 3.55. The molecule has 0 spiro atoms. The molecular weight excluding hydrogens is 248 g/mol. The lowest BCUT2D eigenvalue weighted by atomic mass is 10.2. The van der Waals surface area contributed by atoms with E-state index in [1.807, 2.05) is 12.1 Å². The fourth-order valence-corrected chi connectivity index (χ4v) is 3.11. The summed E-state index contributed by atoms with van der Waals surface area (Å²) in [5, 5.41) is 3.37. The van der Waals surface area contributed by atoms with Crippen molar-refractivity contribution in [2.24, 2.45) is 0 Å². The summed E-state index contributed by atoms with van der Waals surface area (Å²) < 4.78 is 0. The van der Waals surface area contributed by atoms with Gasteiger partial charge in [0.25, 0.3) is 0 Å². The molecule has 1 heterocycles. The summed E-state index contributed by atoms with van der Waals surface area (Å²) in [5.41, 5.74) is 7.63. The zero-order valence-corrected chi connectivity index (χ0v) is 11.6. The fraction of sp³-hybridized carbons (Fsp3) is 0.308. The number of nitrogen functional groups attached to an aromatic ring is 1. The highest BCUT2D eigenvalue weighted by molar-refractivity contribution is 7.98. The van der Waals surface area contributed by atoms with Crippen molar-refractivity contribution >= 4 is 28.8 Å². The Labute approximate surface area is 110 Å². The number of anilines is 1. The van der Waals surface area contributed by atoms with E-state index in [1.165, 1.54) is 15.6 Å². The molecule has 2 nitrogen and oxygen atoms in total. The minimum Gasteiger partial charge on any atom is -0.399 e. The first-order valence-electron chi connectivity index (χ1n) is 5.58. The number of benzene rings is 1. The van der Waals surface area contributed by atoms with Crippen LogP contribution in [0.25, 0.3) is 0 Å². The number of thioether (sulfide) groups is 1. The van der Waals surface area contributed by atoms with Gasteiger partial charge in [0.1, 0.15) is 0 Å². The van der Waals surface area contributed by atoms with Crippen molar-refractivity contribution in [3.63, 3.8) is 0 Å². The van der Waals surface area contributed by atoms with Gasteiger partial charge in [-0.3, -0.25) is 0 Å². The van der Waals surface area contributed by atoms with Crippen LogP contribution in [-0.4, -0.2) is 4.98 Å². The van der Waals surface area contributed by atoms with E-state index in [4.69, 9.17) is 5.73 Å². The molecule has 2 rings (SSSR count). The van der Waals surface area contributed by atoms with Crippen LogP contribution in [0.4, 0.5) is 5.69 Å². The molecule has 90 valence electrons. The van der Waals surface area contributed by atoms with E-state index in [0.29, 0.717) is 5.92 Å². The predicted octanol–water partition coefficient (Wildman–Crippen LogP) is 4.14. The van der Waals surface area contributed by atoms with E-state index >= 15 is 0 Å². The van der Waals surface area contributed by atoms with Crippen LogP contribution in [0.5, 0.6) is 0 Å². The fourth-order valence-electron chi connectivity index (χ4n) is 1.38. The van der Waals surface area contributed by atoms with Gasteiger partial charge in [0, 0.05) is 27.6 Å². The van der Waals surface area contributed by atoms with E-state index in [1.54, 1.807) is 23.1 Å². The summed E-state index contributed by atoms with van der Waals surface area (Å²) in [6.45, 7) is 4.35. The number of hydrogen-bond donors (Lipinski definition) is 1. The zero-order valence-electron chi connectivity index (χ0n) is 10.0. The van der Waals surface area contributed by atoms with Crippen LogP contribution in [-0.2, 0) is 5.75 Å². The molecular formula is C13H16N2S2. The van der Waals surface area contributed by atoms with Gasteiger partial charge in [0.05, 0.1) is 10.7 Å². The topological polar surface area (TPSA) is 38.9 Å². The molecule has 0 aliphatic rings. The van der Waals surface area contributed by atoms with Gasteiger partial charge < -0.3 is 5.73 Å². The minimum absolute atomic E-state index is 0.523. The van der Waals surface area contributed by atoms with Crippen molar-refractivity contribution in [3.05, 3.63) is 40.3 Å². The smallest absolute Gasteiger partial charge is 0.0954 e. The second-order valence-corrected chi connectivity index (χ2v) is 6.13. The van der Waals surface area contributed by atoms with Crippen LogP contribution in [0.2, 0.25) is 0 Å². The first-order valence-corrected chi connectivity index (χ1v) is 7.44. The second-order valence-electron chi connectivity index (χ2n) is 4.19. The van der Waals surface area contributed by atoms with Crippen LogP contribution in [0, 0.1) is 0 Å². The minimum atomic E-state index is 0.523. The van der Waals surface area contributed by atoms with Crippen molar-refractivity contribution in [1.82, 2.24) is 4.98 Å². The summed E-state index contributed by atoms with van der Waals surface area (Å²) in [6, 6.07) is 7.97. The van der Waals surface area contributed by atoms with Crippen molar-refractivity contribution < 1.29 is 0 Å². The third-order valence-corrected chi connectivity index (χ3v) is 4.57. The number of nitrogens with zero attached hydrogens (tertiary/aromatic N) is 1. The van der Waals surface area contributed by atoms with Crippen LogP contribution in [0.15, 0.2) is 34.5 Å². The third kappa shape index (κ3) is 3.48. The Bertz CT molecular complexity index is 474. The van der Waals surface area contributed by atoms with Crippen molar-refractivity contribution in [2.45, 2.75) is 30.4 Å². The van der Waals surface area contributed by atoms with E-state index < -0.39 is 0 Å². The van der Waals surface area contributed by atoms with Gasteiger partial charge in [0.15, 0.2) is 0 Å². The summed E-state index contributed by atoms with van der Waals surface area (Å²) in [7, 11) is 0. The van der Waals surface area contributed by atoms with Crippen LogP contribution < -0.4 is 5.73 Å². The van der Waals surface area contributed by atoms with Gasteiger partial charge >= 0.3 is 0 Å². The lowest BCUT2D eigenvalue weighted by Crippen LogP contribution is -1.87. The van der Waals surface area contributed by atoms with Gasteiger partial charge in [-0.25, -0.2) is 4.98 Å². The Morgan fingerprint density at radius 1 is 1.29 bits per heavy atom. The lowest BCUT2D eigenvalue weighted by Gasteiger charge is -2.00. The van der Waals surface area contributed by atoms with Crippen molar-refractivity contribution in [3.8, 4) is 0 Å². The molecule has 0 radical (unpaired) electrons. The highest BCUT2D eigenvalue weighted by atomic mass is 32.2. The molecule has 0 unspecified atom stereocenters. The molecule has 17 heavy (non-hydrogen) atoms. The van der Waals surface area contributed by atoms with E-state index in [9.17, 15) is 0 Å². The first kappa shape index (κ1) is 12.5. The molecule has 0 bridgehead atoms. The zero-order chi connectivity index (χ0) is 12.3. The molecule has 0 aliphatic carbocycles. The molecule has 1 aromatic heterocycles. The van der Waals surface area contributed by atoms with Crippen molar-refractivity contribution in [2.75, 3.05) is 5.73 Å². The average Bonchev–Trinajstić information content (AvgIpc) is 2.77. The van der Waals surface area contributed by atoms with Gasteiger partial charge in [0.2, 0.25) is 0 Å². The van der Waals surface area contributed by atoms with Crippen LogP contribution in [0.1, 0.15) is 30.5 Å². The molecule has 0 saturated heterocycles. The molecule has 2 N–H and O–H groups in total. The van der Waals surface area contributed by atoms with E-state index in [0.717, 1.165) is 11.4 Å². The number of aromatic nitrogens is 1. The number of hydrogen-bond acceptors (Lipinski definition) is 4. The Hall–Kier alpha value is -1.00. The molecule has 0 aliphatic heterocycles. The SMILES string of the molecule is CC(C)c1nc(CSc2ccc(N)cc2)cs1. The monoisotopic (exact) mass is 264 g/mol. The Kier molecular flexibility index (Phi) is 4.07. The van der Waals surface area contributed by atoms with E-state index in [-0.39, 0.29) is 0 Å². The normalized spacial score (nSPS) is 11.0. The van der Waals surface area contributed by atoms with Crippen molar-refractivity contribution in [1.29, 1.82) is 0 Å². The highest BCUT2D eigenvalue weighted by Crippen LogP contribution is 2.26.